The van der Waals surface area contributed by atoms with Crippen molar-refractivity contribution in [1.82, 2.24) is 4.98 Å². The molecule has 3 N–H and O–H groups in total. The molecule has 1 aromatic heterocycles. The molecule has 0 fully saturated rings. The maximum atomic E-state index is 10.4. The first-order chi connectivity index (χ1) is 7.22. The molecule has 3 nitrogen and oxygen atoms in total. The number of aromatic nitrogens is 1. The molecule has 0 bridgehead atoms. The Morgan fingerprint density at radius 3 is 3.07 bits per heavy atom. The lowest BCUT2D eigenvalue weighted by Gasteiger charge is -2.02. The normalized spacial score (nSPS) is 12.9. The quantitative estimate of drug-likeness (QED) is 0.831. The van der Waals surface area contributed by atoms with Crippen molar-refractivity contribution >= 4 is 28.8 Å². The van der Waals surface area contributed by atoms with Gasteiger partial charge in [0.1, 0.15) is 0 Å². The minimum Gasteiger partial charge on any atom is -0.361 e. The van der Waals surface area contributed by atoms with Gasteiger partial charge in [0.2, 0.25) is 6.29 Å². The zero-order valence-electron chi connectivity index (χ0n) is 7.96. The lowest BCUT2D eigenvalue weighted by atomic mass is 10.1. The van der Waals surface area contributed by atoms with Gasteiger partial charge in [0.25, 0.3) is 0 Å². The number of halogens is 1. The van der Waals surface area contributed by atoms with E-state index in [0.29, 0.717) is 11.4 Å². The highest BCUT2D eigenvalue weighted by atomic mass is 35.5. The zero-order valence-corrected chi connectivity index (χ0v) is 8.71. The van der Waals surface area contributed by atoms with Gasteiger partial charge in [-0.1, -0.05) is 17.7 Å². The number of H-pyrrole nitrogens is 1. The lowest BCUT2D eigenvalue weighted by Crippen LogP contribution is -2.23. The standard InChI is InChI=1S/C11H10ClN2O/c12-9-2-1-3-10-11(9)7(5-14-10)4-8(13)6-15/h1-3,5,8,14H,4,13H2/t8-/m0/s1. The van der Waals surface area contributed by atoms with E-state index in [9.17, 15) is 4.79 Å². The summed E-state index contributed by atoms with van der Waals surface area (Å²) in [7, 11) is 0. The molecule has 1 heterocycles. The van der Waals surface area contributed by atoms with E-state index in [2.05, 4.69) is 4.98 Å². The summed E-state index contributed by atoms with van der Waals surface area (Å²) in [5, 5.41) is 1.60. The van der Waals surface area contributed by atoms with Crippen LogP contribution in [-0.4, -0.2) is 17.3 Å². The first kappa shape index (κ1) is 10.2. The van der Waals surface area contributed by atoms with Gasteiger partial charge >= 0.3 is 0 Å². The molecule has 15 heavy (non-hydrogen) atoms. The van der Waals surface area contributed by atoms with Crippen molar-refractivity contribution in [2.75, 3.05) is 0 Å². The van der Waals surface area contributed by atoms with E-state index in [-0.39, 0.29) is 0 Å². The fourth-order valence-corrected chi connectivity index (χ4v) is 1.94. The molecule has 0 aliphatic carbocycles. The average molecular weight is 222 g/mol. The van der Waals surface area contributed by atoms with E-state index >= 15 is 0 Å². The Morgan fingerprint density at radius 2 is 2.33 bits per heavy atom. The summed E-state index contributed by atoms with van der Waals surface area (Å²) >= 11 is 6.07. The van der Waals surface area contributed by atoms with Crippen LogP contribution in [0.1, 0.15) is 5.56 Å². The molecular formula is C11H10ClN2O. The summed E-state index contributed by atoms with van der Waals surface area (Å²) in [5.74, 6) is 0. The molecule has 2 rings (SSSR count). The van der Waals surface area contributed by atoms with E-state index in [1.165, 1.54) is 0 Å². The molecule has 1 radical (unpaired) electrons. The van der Waals surface area contributed by atoms with Gasteiger partial charge in [0, 0.05) is 17.1 Å². The lowest BCUT2D eigenvalue weighted by molar-refractivity contribution is 0.541. The Morgan fingerprint density at radius 1 is 1.53 bits per heavy atom. The van der Waals surface area contributed by atoms with Crippen molar-refractivity contribution < 1.29 is 4.79 Å². The summed E-state index contributed by atoms with van der Waals surface area (Å²) < 4.78 is 0. The van der Waals surface area contributed by atoms with Crippen LogP contribution in [0.3, 0.4) is 0 Å². The van der Waals surface area contributed by atoms with Crippen LogP contribution in [0.5, 0.6) is 0 Å². The van der Waals surface area contributed by atoms with Gasteiger partial charge in [-0.15, -0.1) is 0 Å². The monoisotopic (exact) mass is 221 g/mol. The fourth-order valence-electron chi connectivity index (χ4n) is 1.65. The number of benzene rings is 1. The third-order valence-electron chi connectivity index (χ3n) is 2.33. The summed E-state index contributed by atoms with van der Waals surface area (Å²) in [6.45, 7) is 0. The molecule has 4 heteroatoms. The Hall–Kier alpha value is -1.32. The molecule has 2 aromatic rings. The third-order valence-corrected chi connectivity index (χ3v) is 2.64. The first-order valence-corrected chi connectivity index (χ1v) is 4.98. The van der Waals surface area contributed by atoms with Crippen molar-refractivity contribution in [3.63, 3.8) is 0 Å². The third kappa shape index (κ3) is 1.89. The predicted molar refractivity (Wildman–Crippen MR) is 60.7 cm³/mol. The van der Waals surface area contributed by atoms with Crippen LogP contribution in [0.4, 0.5) is 0 Å². The van der Waals surface area contributed by atoms with Crippen LogP contribution < -0.4 is 5.73 Å². The molecule has 1 atom stereocenters. The highest BCUT2D eigenvalue weighted by molar-refractivity contribution is 6.35. The Bertz CT molecular complexity index is 492. The second-order valence-electron chi connectivity index (χ2n) is 3.40. The Labute approximate surface area is 92.2 Å². The second-order valence-corrected chi connectivity index (χ2v) is 3.81. The van der Waals surface area contributed by atoms with Gasteiger partial charge in [-0.05, 0) is 24.1 Å². The van der Waals surface area contributed by atoms with Gasteiger partial charge in [-0.3, -0.25) is 4.79 Å². The van der Waals surface area contributed by atoms with E-state index in [4.69, 9.17) is 17.3 Å². The van der Waals surface area contributed by atoms with Crippen LogP contribution in [0.25, 0.3) is 10.9 Å². The first-order valence-electron chi connectivity index (χ1n) is 4.60. The predicted octanol–water partition coefficient (Wildman–Crippen LogP) is 1.80. The summed E-state index contributed by atoms with van der Waals surface area (Å²) in [6, 6.07) is 5.02. The van der Waals surface area contributed by atoms with Gasteiger partial charge in [0.15, 0.2) is 0 Å². The average Bonchev–Trinajstić information content (AvgIpc) is 2.63. The number of hydrogen-bond acceptors (Lipinski definition) is 2. The van der Waals surface area contributed by atoms with Crippen LogP contribution in [0.2, 0.25) is 5.02 Å². The smallest absolute Gasteiger partial charge is 0.217 e. The largest absolute Gasteiger partial charge is 0.361 e. The van der Waals surface area contributed by atoms with Crippen LogP contribution in [0.15, 0.2) is 24.4 Å². The Kier molecular flexibility index (Phi) is 2.75. The van der Waals surface area contributed by atoms with Crippen LogP contribution in [0, 0.1) is 0 Å². The van der Waals surface area contributed by atoms with Gasteiger partial charge in [-0.2, -0.15) is 0 Å². The molecule has 0 aliphatic heterocycles. The molecule has 0 aliphatic rings. The summed E-state index contributed by atoms with van der Waals surface area (Å²) in [6.07, 6.45) is 4.04. The molecule has 0 unspecified atom stereocenters. The number of nitrogens with two attached hydrogens (primary N) is 1. The molecular weight excluding hydrogens is 212 g/mol. The molecule has 0 spiro atoms. The topological polar surface area (TPSA) is 58.9 Å². The molecule has 0 amide bonds. The molecule has 0 saturated heterocycles. The van der Waals surface area contributed by atoms with Gasteiger partial charge in [-0.25, -0.2) is 0 Å². The highest BCUT2D eigenvalue weighted by Gasteiger charge is 2.10. The van der Waals surface area contributed by atoms with E-state index < -0.39 is 6.04 Å². The number of rotatable bonds is 3. The minimum atomic E-state index is -0.597. The SMILES string of the molecule is N[C@H]([C]=O)Cc1c[nH]c2cccc(Cl)c12. The summed E-state index contributed by atoms with van der Waals surface area (Å²) in [5.41, 5.74) is 7.43. The number of fused-ring (bicyclic) bond motifs is 1. The highest BCUT2D eigenvalue weighted by Crippen LogP contribution is 2.26. The number of aromatic amines is 1. The van der Waals surface area contributed by atoms with E-state index in [0.717, 1.165) is 16.5 Å². The number of carbonyl (C=O) groups excluding carboxylic acids is 1. The molecule has 1 aromatic carbocycles. The maximum absolute atomic E-state index is 10.4. The van der Waals surface area contributed by atoms with Crippen LogP contribution in [-0.2, 0) is 11.2 Å². The Balaban J connectivity index is 2.48. The van der Waals surface area contributed by atoms with Crippen molar-refractivity contribution in [2.45, 2.75) is 12.5 Å². The van der Waals surface area contributed by atoms with Gasteiger partial charge in [0.05, 0.1) is 11.1 Å². The summed E-state index contributed by atoms with van der Waals surface area (Å²) in [4.78, 5) is 13.4. The van der Waals surface area contributed by atoms with Gasteiger partial charge < -0.3 is 10.7 Å². The van der Waals surface area contributed by atoms with Crippen molar-refractivity contribution in [3.05, 3.63) is 35.0 Å². The zero-order chi connectivity index (χ0) is 10.8. The van der Waals surface area contributed by atoms with Crippen LogP contribution >= 0.6 is 11.6 Å². The van der Waals surface area contributed by atoms with Crippen molar-refractivity contribution in [1.29, 1.82) is 0 Å². The number of hydrogen-bond donors (Lipinski definition) is 2. The number of nitrogens with one attached hydrogen (secondary N) is 1. The molecule has 0 saturated carbocycles. The van der Waals surface area contributed by atoms with Crippen molar-refractivity contribution in [3.8, 4) is 0 Å². The minimum absolute atomic E-state index is 0.452. The van der Waals surface area contributed by atoms with Crippen molar-refractivity contribution in [2.24, 2.45) is 5.73 Å². The fraction of sp³-hybridized carbons (Fsp3) is 0.182. The van der Waals surface area contributed by atoms with E-state index in [1.54, 1.807) is 6.29 Å². The molecule has 77 valence electrons. The van der Waals surface area contributed by atoms with E-state index in [1.807, 2.05) is 24.4 Å². The maximum Gasteiger partial charge on any atom is 0.217 e. The second kappa shape index (κ2) is 4.04.